The zero-order valence-corrected chi connectivity index (χ0v) is 15.8. The van der Waals surface area contributed by atoms with Crippen LogP contribution < -0.4 is 0 Å². The number of aliphatic hydroxyl groups is 2. The summed E-state index contributed by atoms with van der Waals surface area (Å²) in [7, 11) is 0. The van der Waals surface area contributed by atoms with Crippen LogP contribution in [0.2, 0.25) is 0 Å². The highest BCUT2D eigenvalue weighted by molar-refractivity contribution is 5.66. The van der Waals surface area contributed by atoms with Gasteiger partial charge in [-0.1, -0.05) is 49.7 Å². The molecule has 26 heavy (non-hydrogen) atoms. The predicted octanol–water partition coefficient (Wildman–Crippen LogP) is 3.52. The fraction of sp³-hybridized carbons (Fsp3) is 0.773. The van der Waals surface area contributed by atoms with Gasteiger partial charge in [-0.05, 0) is 55.8 Å². The van der Waals surface area contributed by atoms with Gasteiger partial charge >= 0.3 is 5.97 Å². The van der Waals surface area contributed by atoms with Gasteiger partial charge in [0.2, 0.25) is 0 Å². The first-order valence-corrected chi connectivity index (χ1v) is 10.2. The van der Waals surface area contributed by atoms with Crippen molar-refractivity contribution in [3.05, 3.63) is 11.6 Å². The van der Waals surface area contributed by atoms with Gasteiger partial charge in [-0.2, -0.15) is 0 Å². The highest BCUT2D eigenvalue weighted by Crippen LogP contribution is 2.60. The second kappa shape index (κ2) is 8.15. The monoisotopic (exact) mass is 360 g/mol. The summed E-state index contributed by atoms with van der Waals surface area (Å²) in [4.78, 5) is 10.7. The maximum atomic E-state index is 10.7. The molecule has 3 aliphatic rings. The number of aliphatic carboxylic acids is 1. The van der Waals surface area contributed by atoms with E-state index in [4.69, 9.17) is 5.11 Å². The number of carboxylic acids is 1. The van der Waals surface area contributed by atoms with E-state index in [0.29, 0.717) is 12.3 Å². The number of rotatable bonds is 4. The minimum absolute atomic E-state index is 0.0346. The Morgan fingerprint density at radius 1 is 1.31 bits per heavy atom. The minimum atomic E-state index is -0.762. The van der Waals surface area contributed by atoms with Gasteiger partial charge in [0.05, 0.1) is 12.0 Å². The highest BCUT2D eigenvalue weighted by atomic mass is 16.4. The smallest absolute Gasteiger partial charge is 0.303 e. The van der Waals surface area contributed by atoms with Crippen molar-refractivity contribution in [2.24, 2.45) is 23.2 Å². The van der Waals surface area contributed by atoms with Crippen LogP contribution >= 0.6 is 0 Å². The minimum Gasteiger partial charge on any atom is -0.481 e. The van der Waals surface area contributed by atoms with E-state index in [1.807, 2.05) is 0 Å². The fourth-order valence-electron chi connectivity index (χ4n) is 5.20. The number of hydrogen-bond donors (Lipinski definition) is 3. The Balaban J connectivity index is 1.65. The average Bonchev–Trinajstić information content (AvgIpc) is 2.63. The first-order chi connectivity index (χ1) is 12.4. The molecule has 0 aromatic carbocycles. The first-order valence-electron chi connectivity index (χ1n) is 10.2. The van der Waals surface area contributed by atoms with Gasteiger partial charge in [0.15, 0.2) is 0 Å². The SMILES string of the molecule is C[C@]12CC[C@@H](O)[C@H](C#CC(O)C3CCCCC3)[C@H]1C/C2=C/CCC(=O)O. The fourth-order valence-corrected chi connectivity index (χ4v) is 5.20. The molecule has 0 heterocycles. The molecular weight excluding hydrogens is 328 g/mol. The summed E-state index contributed by atoms with van der Waals surface area (Å²) in [6, 6.07) is 0. The van der Waals surface area contributed by atoms with Crippen molar-refractivity contribution in [2.75, 3.05) is 0 Å². The van der Waals surface area contributed by atoms with Crippen molar-refractivity contribution < 1.29 is 20.1 Å². The van der Waals surface area contributed by atoms with Crippen LogP contribution in [0.3, 0.4) is 0 Å². The molecule has 0 spiro atoms. The molecule has 1 unspecified atom stereocenters. The van der Waals surface area contributed by atoms with E-state index in [1.54, 1.807) is 0 Å². The average molecular weight is 360 g/mol. The van der Waals surface area contributed by atoms with Crippen molar-refractivity contribution in [2.45, 2.75) is 83.3 Å². The van der Waals surface area contributed by atoms with Crippen molar-refractivity contribution in [1.29, 1.82) is 0 Å². The van der Waals surface area contributed by atoms with Crippen LogP contribution in [0.5, 0.6) is 0 Å². The lowest BCUT2D eigenvalue weighted by Crippen LogP contribution is -2.51. The molecule has 3 fully saturated rings. The number of hydrogen-bond acceptors (Lipinski definition) is 3. The lowest BCUT2D eigenvalue weighted by atomic mass is 9.48. The van der Waals surface area contributed by atoms with Gasteiger partial charge in [-0.3, -0.25) is 4.79 Å². The van der Waals surface area contributed by atoms with Crippen LogP contribution in [0.25, 0.3) is 0 Å². The molecule has 3 aliphatic carbocycles. The molecule has 3 saturated carbocycles. The Bertz CT molecular complexity index is 607. The molecule has 4 nitrogen and oxygen atoms in total. The van der Waals surface area contributed by atoms with Crippen LogP contribution in [0.1, 0.15) is 71.1 Å². The summed E-state index contributed by atoms with van der Waals surface area (Å²) in [5.41, 5.74) is 1.36. The second-order valence-electron chi connectivity index (χ2n) is 8.65. The van der Waals surface area contributed by atoms with E-state index in [1.165, 1.54) is 24.8 Å². The van der Waals surface area contributed by atoms with Crippen LogP contribution in [-0.2, 0) is 4.79 Å². The standard InChI is InChI=1S/C22H32O4/c1-22-13-12-20(24)17(10-11-19(23)15-6-3-2-4-7-15)18(22)14-16(22)8-5-9-21(25)26/h8,15,17-20,23-24H,2-7,9,12-14H2,1H3,(H,25,26)/b16-8-/t17-,18-,19?,20-,22-/m1/s1. The molecular formula is C22H32O4. The molecule has 0 aromatic heterocycles. The van der Waals surface area contributed by atoms with Crippen LogP contribution in [0, 0.1) is 35.0 Å². The Hall–Kier alpha value is -1.31. The van der Waals surface area contributed by atoms with Crippen LogP contribution in [0.15, 0.2) is 11.6 Å². The van der Waals surface area contributed by atoms with Crippen molar-refractivity contribution >= 4 is 5.97 Å². The third kappa shape index (κ3) is 4.00. The Kier molecular flexibility index (Phi) is 6.10. The van der Waals surface area contributed by atoms with Gasteiger partial charge in [0.25, 0.3) is 0 Å². The lowest BCUT2D eigenvalue weighted by molar-refractivity contribution is -0.136. The van der Waals surface area contributed by atoms with Crippen molar-refractivity contribution in [3.8, 4) is 11.8 Å². The summed E-state index contributed by atoms with van der Waals surface area (Å²) in [5.74, 6) is 6.08. The zero-order valence-electron chi connectivity index (χ0n) is 15.8. The van der Waals surface area contributed by atoms with E-state index in [2.05, 4.69) is 24.8 Å². The molecule has 3 rings (SSSR count). The molecule has 5 atom stereocenters. The van der Waals surface area contributed by atoms with Crippen molar-refractivity contribution in [3.63, 3.8) is 0 Å². The quantitative estimate of drug-likeness (QED) is 0.529. The van der Waals surface area contributed by atoms with Gasteiger partial charge in [-0.15, -0.1) is 0 Å². The third-order valence-electron chi connectivity index (χ3n) is 7.04. The summed E-state index contributed by atoms with van der Waals surface area (Å²) in [6.07, 6.45) is 10.1. The number of aliphatic hydroxyl groups excluding tert-OH is 2. The van der Waals surface area contributed by atoms with Crippen LogP contribution in [-0.4, -0.2) is 33.5 Å². The molecule has 0 aromatic rings. The normalized spacial score (nSPS) is 37.2. The maximum absolute atomic E-state index is 10.7. The molecule has 144 valence electrons. The van der Waals surface area contributed by atoms with Gasteiger partial charge in [-0.25, -0.2) is 0 Å². The molecule has 4 heteroatoms. The van der Waals surface area contributed by atoms with Crippen molar-refractivity contribution in [1.82, 2.24) is 0 Å². The summed E-state index contributed by atoms with van der Waals surface area (Å²) < 4.78 is 0. The maximum Gasteiger partial charge on any atom is 0.303 e. The second-order valence-corrected chi connectivity index (χ2v) is 8.65. The molecule has 0 saturated heterocycles. The van der Waals surface area contributed by atoms with E-state index >= 15 is 0 Å². The zero-order chi connectivity index (χ0) is 18.7. The number of carbonyl (C=O) groups is 1. The molecule has 0 bridgehead atoms. The molecule has 3 N–H and O–H groups in total. The summed E-state index contributed by atoms with van der Waals surface area (Å²) in [6.45, 7) is 2.23. The largest absolute Gasteiger partial charge is 0.481 e. The molecule has 0 amide bonds. The Morgan fingerprint density at radius 3 is 2.73 bits per heavy atom. The Morgan fingerprint density at radius 2 is 2.04 bits per heavy atom. The number of allylic oxidation sites excluding steroid dienone is 2. The van der Waals surface area contributed by atoms with Gasteiger partial charge in [0.1, 0.15) is 6.10 Å². The number of fused-ring (bicyclic) bond motifs is 1. The first kappa shape index (κ1) is 19.5. The third-order valence-corrected chi connectivity index (χ3v) is 7.04. The highest BCUT2D eigenvalue weighted by Gasteiger charge is 2.54. The topological polar surface area (TPSA) is 77.8 Å². The number of carboxylic acid groups (broad SMARTS) is 1. The van der Waals surface area contributed by atoms with Crippen LogP contribution in [0.4, 0.5) is 0 Å². The summed E-state index contributed by atoms with van der Waals surface area (Å²) in [5, 5.41) is 29.7. The lowest BCUT2D eigenvalue weighted by Gasteiger charge is -2.57. The van der Waals surface area contributed by atoms with Gasteiger partial charge < -0.3 is 15.3 Å². The molecule has 0 aliphatic heterocycles. The van der Waals surface area contributed by atoms with Gasteiger partial charge in [0, 0.05) is 6.42 Å². The molecule has 0 radical (unpaired) electrons. The van der Waals surface area contributed by atoms with E-state index in [-0.39, 0.29) is 23.7 Å². The predicted molar refractivity (Wildman–Crippen MR) is 100 cm³/mol. The Labute approximate surface area is 156 Å². The summed E-state index contributed by atoms with van der Waals surface area (Å²) >= 11 is 0. The van der Waals surface area contributed by atoms with E-state index in [0.717, 1.165) is 32.1 Å². The van der Waals surface area contributed by atoms with E-state index in [9.17, 15) is 15.0 Å². The van der Waals surface area contributed by atoms with E-state index < -0.39 is 18.2 Å².